The number of rotatable bonds is 3. The molecule has 0 aliphatic heterocycles. The minimum atomic E-state index is 0.582. The van der Waals surface area contributed by atoms with Crippen LogP contribution in [-0.4, -0.2) is 23.4 Å². The molecule has 0 aliphatic carbocycles. The van der Waals surface area contributed by atoms with Gasteiger partial charge in [-0.05, 0) is 31.6 Å². The lowest BCUT2D eigenvalue weighted by Crippen LogP contribution is -2.11. The van der Waals surface area contributed by atoms with Crippen molar-refractivity contribution in [3.05, 3.63) is 28.9 Å². The third-order valence-corrected chi connectivity index (χ3v) is 2.83. The molecule has 15 heavy (non-hydrogen) atoms. The topological polar surface area (TPSA) is 29.9 Å². The van der Waals surface area contributed by atoms with E-state index in [-0.39, 0.29) is 0 Å². The van der Waals surface area contributed by atoms with Crippen LogP contribution in [0.5, 0.6) is 0 Å². The second-order valence-corrected chi connectivity index (χ2v) is 3.94. The second kappa shape index (κ2) is 4.21. The summed E-state index contributed by atoms with van der Waals surface area (Å²) in [4.78, 5) is 0. The van der Waals surface area contributed by atoms with Crippen LogP contribution in [0.2, 0.25) is 5.15 Å². The highest BCUT2D eigenvalue weighted by atomic mass is 35.5. The smallest absolute Gasteiger partial charge is 0.158 e. The first-order valence-corrected chi connectivity index (χ1v) is 5.36. The van der Waals surface area contributed by atoms with Gasteiger partial charge in [0.05, 0.1) is 5.52 Å². The number of benzene rings is 1. The fourth-order valence-corrected chi connectivity index (χ4v) is 2.10. The average Bonchev–Trinajstić information content (AvgIpc) is 2.53. The van der Waals surface area contributed by atoms with Crippen molar-refractivity contribution in [3.63, 3.8) is 0 Å². The van der Waals surface area contributed by atoms with E-state index in [1.807, 2.05) is 30.9 Å². The first-order valence-electron chi connectivity index (χ1n) is 4.98. The maximum absolute atomic E-state index is 6.04. The van der Waals surface area contributed by atoms with E-state index in [1.54, 1.807) is 0 Å². The van der Waals surface area contributed by atoms with Crippen molar-refractivity contribution in [2.75, 3.05) is 13.6 Å². The summed E-state index contributed by atoms with van der Waals surface area (Å²) >= 11 is 6.04. The number of halogens is 1. The molecular formula is C11H14ClN3. The molecule has 1 aromatic heterocycles. The lowest BCUT2D eigenvalue weighted by Gasteiger charge is -2.04. The normalized spacial score (nSPS) is 11.1. The highest BCUT2D eigenvalue weighted by molar-refractivity contribution is 6.34. The summed E-state index contributed by atoms with van der Waals surface area (Å²) in [5.74, 6) is 0. The Labute approximate surface area is 94.0 Å². The molecule has 0 unspecified atom stereocenters. The first-order chi connectivity index (χ1) is 7.24. The fourth-order valence-electron chi connectivity index (χ4n) is 1.84. The van der Waals surface area contributed by atoms with Crippen molar-refractivity contribution in [1.82, 2.24) is 15.1 Å². The molecule has 0 fully saturated rings. The number of likely N-dealkylation sites (N-methyl/N-ethyl adjacent to an activating group) is 1. The zero-order valence-corrected chi connectivity index (χ0v) is 9.67. The largest absolute Gasteiger partial charge is 0.319 e. The monoisotopic (exact) mass is 223 g/mol. The average molecular weight is 224 g/mol. The summed E-state index contributed by atoms with van der Waals surface area (Å²) < 4.78 is 1.85. The van der Waals surface area contributed by atoms with Gasteiger partial charge in [0.15, 0.2) is 5.15 Å². The Balaban J connectivity index is 2.54. The van der Waals surface area contributed by atoms with E-state index in [0.29, 0.717) is 5.15 Å². The molecule has 0 spiro atoms. The van der Waals surface area contributed by atoms with Crippen molar-refractivity contribution in [3.8, 4) is 0 Å². The van der Waals surface area contributed by atoms with Crippen LogP contribution in [0.15, 0.2) is 18.2 Å². The lowest BCUT2D eigenvalue weighted by atomic mass is 10.1. The van der Waals surface area contributed by atoms with E-state index >= 15 is 0 Å². The summed E-state index contributed by atoms with van der Waals surface area (Å²) in [7, 11) is 3.88. The molecule has 0 atom stereocenters. The molecule has 4 heteroatoms. The van der Waals surface area contributed by atoms with Gasteiger partial charge in [-0.3, -0.25) is 4.68 Å². The molecule has 3 nitrogen and oxygen atoms in total. The highest BCUT2D eigenvalue weighted by Gasteiger charge is 2.09. The number of hydrogen-bond acceptors (Lipinski definition) is 2. The van der Waals surface area contributed by atoms with Crippen LogP contribution in [0.4, 0.5) is 0 Å². The van der Waals surface area contributed by atoms with E-state index < -0.39 is 0 Å². The van der Waals surface area contributed by atoms with E-state index in [9.17, 15) is 0 Å². The number of hydrogen-bond donors (Lipinski definition) is 1. The van der Waals surface area contributed by atoms with Crippen LogP contribution in [0, 0.1) is 0 Å². The van der Waals surface area contributed by atoms with Crippen LogP contribution in [0.25, 0.3) is 10.9 Å². The van der Waals surface area contributed by atoms with Gasteiger partial charge in [0, 0.05) is 12.4 Å². The summed E-state index contributed by atoms with van der Waals surface area (Å²) in [5, 5.41) is 8.98. The Morgan fingerprint density at radius 3 is 3.00 bits per heavy atom. The highest BCUT2D eigenvalue weighted by Crippen LogP contribution is 2.25. The molecule has 0 aliphatic rings. The lowest BCUT2D eigenvalue weighted by molar-refractivity contribution is 0.770. The zero-order valence-electron chi connectivity index (χ0n) is 8.92. The Bertz CT molecular complexity index is 476. The Hall–Kier alpha value is -1.06. The van der Waals surface area contributed by atoms with Gasteiger partial charge in [-0.15, -0.1) is 0 Å². The molecule has 1 heterocycles. The predicted molar refractivity (Wildman–Crippen MR) is 63.4 cm³/mol. The molecule has 2 rings (SSSR count). The number of nitrogens with one attached hydrogen (secondary N) is 1. The molecule has 0 saturated carbocycles. The number of aryl methyl sites for hydroxylation is 1. The minimum absolute atomic E-state index is 0.582. The molecule has 1 N–H and O–H groups in total. The molecule has 0 amide bonds. The van der Waals surface area contributed by atoms with Gasteiger partial charge in [-0.1, -0.05) is 23.7 Å². The van der Waals surface area contributed by atoms with E-state index in [4.69, 9.17) is 11.6 Å². The third-order valence-electron chi connectivity index (χ3n) is 2.55. The zero-order chi connectivity index (χ0) is 10.8. The maximum atomic E-state index is 6.04. The van der Waals surface area contributed by atoms with Crippen molar-refractivity contribution >= 4 is 22.5 Å². The summed E-state index contributed by atoms with van der Waals surface area (Å²) in [5.41, 5.74) is 2.42. The van der Waals surface area contributed by atoms with E-state index in [2.05, 4.69) is 16.5 Å². The number of nitrogens with zero attached hydrogens (tertiary/aromatic N) is 2. The summed E-state index contributed by atoms with van der Waals surface area (Å²) in [6, 6.07) is 6.16. The van der Waals surface area contributed by atoms with Crippen molar-refractivity contribution in [2.45, 2.75) is 6.42 Å². The Morgan fingerprint density at radius 2 is 2.27 bits per heavy atom. The summed E-state index contributed by atoms with van der Waals surface area (Å²) in [6.45, 7) is 0.960. The van der Waals surface area contributed by atoms with Gasteiger partial charge in [0.25, 0.3) is 0 Å². The second-order valence-electron chi connectivity index (χ2n) is 3.58. The van der Waals surface area contributed by atoms with Crippen LogP contribution < -0.4 is 5.32 Å². The minimum Gasteiger partial charge on any atom is -0.319 e. The standard InChI is InChI=1S/C11H14ClN3/c1-13-7-6-8-4-3-5-9-10(8)15(2)14-11(9)12/h3-5,13H,6-7H2,1-2H3. The molecule has 80 valence electrons. The van der Waals surface area contributed by atoms with E-state index in [1.165, 1.54) is 5.56 Å². The predicted octanol–water partition coefficient (Wildman–Crippen LogP) is 1.99. The van der Waals surface area contributed by atoms with Gasteiger partial charge in [0.1, 0.15) is 0 Å². The molecule has 0 radical (unpaired) electrons. The molecule has 2 aromatic rings. The van der Waals surface area contributed by atoms with Gasteiger partial charge in [-0.25, -0.2) is 0 Å². The molecule has 0 saturated heterocycles. The number of aromatic nitrogens is 2. The first kappa shape index (κ1) is 10.5. The Morgan fingerprint density at radius 1 is 1.47 bits per heavy atom. The number of fused-ring (bicyclic) bond motifs is 1. The quantitative estimate of drug-likeness (QED) is 0.863. The van der Waals surface area contributed by atoms with Crippen molar-refractivity contribution in [1.29, 1.82) is 0 Å². The summed E-state index contributed by atoms with van der Waals surface area (Å²) in [6.07, 6.45) is 0.990. The maximum Gasteiger partial charge on any atom is 0.158 e. The SMILES string of the molecule is CNCCc1cccc2c(Cl)nn(C)c12. The van der Waals surface area contributed by atoms with Crippen LogP contribution in [-0.2, 0) is 13.5 Å². The fraction of sp³-hybridized carbons (Fsp3) is 0.364. The third kappa shape index (κ3) is 1.85. The molecular weight excluding hydrogens is 210 g/mol. The molecule has 0 bridgehead atoms. The van der Waals surface area contributed by atoms with Crippen molar-refractivity contribution in [2.24, 2.45) is 7.05 Å². The van der Waals surface area contributed by atoms with Gasteiger partial charge in [0.2, 0.25) is 0 Å². The van der Waals surface area contributed by atoms with Crippen molar-refractivity contribution < 1.29 is 0 Å². The van der Waals surface area contributed by atoms with Gasteiger partial charge < -0.3 is 5.32 Å². The Kier molecular flexibility index (Phi) is 2.93. The van der Waals surface area contributed by atoms with Crippen LogP contribution >= 0.6 is 11.6 Å². The van der Waals surface area contributed by atoms with Crippen LogP contribution in [0.3, 0.4) is 0 Å². The molecule has 1 aromatic carbocycles. The van der Waals surface area contributed by atoms with E-state index in [0.717, 1.165) is 23.9 Å². The van der Waals surface area contributed by atoms with Gasteiger partial charge >= 0.3 is 0 Å². The van der Waals surface area contributed by atoms with Gasteiger partial charge in [-0.2, -0.15) is 5.10 Å². The van der Waals surface area contributed by atoms with Crippen LogP contribution in [0.1, 0.15) is 5.56 Å². The number of para-hydroxylation sites is 1.